The molecule has 20 heavy (non-hydrogen) atoms. The van der Waals surface area contributed by atoms with E-state index in [0.717, 1.165) is 16.5 Å². The van der Waals surface area contributed by atoms with Gasteiger partial charge in [-0.15, -0.1) is 5.10 Å². The normalized spacial score (nSPS) is 11.9. The van der Waals surface area contributed by atoms with Crippen LogP contribution in [-0.4, -0.2) is 25.8 Å². The lowest BCUT2D eigenvalue weighted by Crippen LogP contribution is -2.18. The summed E-state index contributed by atoms with van der Waals surface area (Å²) < 4.78 is 1.75. The van der Waals surface area contributed by atoms with E-state index in [2.05, 4.69) is 15.4 Å². The molecule has 3 rings (SSSR count). The summed E-state index contributed by atoms with van der Waals surface area (Å²) >= 11 is 0. The minimum absolute atomic E-state index is 0.0291. The molecule has 3 N–H and O–H groups in total. The smallest absolute Gasteiger partial charge is 0.187 e. The number of aromatic nitrogens is 3. The quantitative estimate of drug-likeness (QED) is 0.321. The van der Waals surface area contributed by atoms with E-state index in [1.54, 1.807) is 16.8 Å². The monoisotopic (exact) mass is 267 g/mol. The zero-order valence-electron chi connectivity index (χ0n) is 10.9. The van der Waals surface area contributed by atoms with E-state index in [9.17, 15) is 0 Å². The van der Waals surface area contributed by atoms with Crippen molar-refractivity contribution in [1.82, 2.24) is 14.8 Å². The SMILES string of the molecule is Cc1nnc(-n2cccc2/C(N)=N/O)c2ccccc12. The number of rotatable bonds is 2. The molecular formula is C14H13N5O. The molecule has 0 saturated carbocycles. The number of hydrogen-bond donors (Lipinski definition) is 2. The fourth-order valence-corrected chi connectivity index (χ4v) is 2.23. The Hall–Kier alpha value is -2.89. The highest BCUT2D eigenvalue weighted by Gasteiger charge is 2.13. The molecule has 0 aliphatic carbocycles. The van der Waals surface area contributed by atoms with Crippen LogP contribution < -0.4 is 5.73 Å². The topological polar surface area (TPSA) is 89.3 Å². The molecule has 100 valence electrons. The van der Waals surface area contributed by atoms with Gasteiger partial charge in [-0.1, -0.05) is 29.4 Å². The minimum Gasteiger partial charge on any atom is -0.409 e. The first-order valence-corrected chi connectivity index (χ1v) is 6.10. The molecule has 1 aromatic carbocycles. The van der Waals surface area contributed by atoms with Crippen LogP contribution in [0.25, 0.3) is 16.6 Å². The van der Waals surface area contributed by atoms with Gasteiger partial charge in [0.25, 0.3) is 0 Å². The van der Waals surface area contributed by atoms with E-state index in [1.807, 2.05) is 37.3 Å². The third kappa shape index (κ3) is 1.78. The lowest BCUT2D eigenvalue weighted by Gasteiger charge is -2.10. The molecular weight excluding hydrogens is 254 g/mol. The summed E-state index contributed by atoms with van der Waals surface area (Å²) in [5.41, 5.74) is 7.11. The standard InChI is InChI=1S/C14H13N5O/c1-9-10-5-2-3-6-11(10)14(17-16-9)19-8-4-7-12(19)13(15)18-20/h2-8,20H,1H3,(H2,15,18). The highest BCUT2D eigenvalue weighted by molar-refractivity contribution is 5.97. The Morgan fingerprint density at radius 2 is 1.90 bits per heavy atom. The zero-order chi connectivity index (χ0) is 14.1. The minimum atomic E-state index is 0.0291. The van der Waals surface area contributed by atoms with E-state index < -0.39 is 0 Å². The molecule has 3 aromatic rings. The van der Waals surface area contributed by atoms with Crippen LogP contribution in [0.15, 0.2) is 47.8 Å². The first kappa shape index (κ1) is 12.2. The molecule has 0 spiro atoms. The van der Waals surface area contributed by atoms with Gasteiger partial charge in [0.15, 0.2) is 11.7 Å². The van der Waals surface area contributed by atoms with Crippen LogP contribution in [0.5, 0.6) is 0 Å². The van der Waals surface area contributed by atoms with Gasteiger partial charge in [-0.2, -0.15) is 5.10 Å². The highest BCUT2D eigenvalue weighted by atomic mass is 16.4. The molecule has 0 unspecified atom stereocenters. The first-order valence-electron chi connectivity index (χ1n) is 6.10. The van der Waals surface area contributed by atoms with Gasteiger partial charge in [-0.05, 0) is 19.1 Å². The van der Waals surface area contributed by atoms with E-state index in [4.69, 9.17) is 10.9 Å². The lowest BCUT2D eigenvalue weighted by atomic mass is 10.1. The van der Waals surface area contributed by atoms with Crippen molar-refractivity contribution in [2.45, 2.75) is 6.92 Å². The van der Waals surface area contributed by atoms with Crippen LogP contribution in [0.1, 0.15) is 11.4 Å². The maximum Gasteiger partial charge on any atom is 0.187 e. The molecule has 6 heteroatoms. The van der Waals surface area contributed by atoms with Crippen LogP contribution in [0.2, 0.25) is 0 Å². The molecule has 2 aromatic heterocycles. The Morgan fingerprint density at radius 1 is 1.15 bits per heavy atom. The number of fused-ring (bicyclic) bond motifs is 1. The summed E-state index contributed by atoms with van der Waals surface area (Å²) in [6.07, 6.45) is 1.80. The van der Waals surface area contributed by atoms with Crippen LogP contribution in [0.3, 0.4) is 0 Å². The molecule has 0 aliphatic rings. The Labute approximate surface area is 115 Å². The van der Waals surface area contributed by atoms with E-state index in [-0.39, 0.29) is 5.84 Å². The summed E-state index contributed by atoms with van der Waals surface area (Å²) in [5, 5.41) is 22.3. The molecule has 6 nitrogen and oxygen atoms in total. The Kier molecular flexibility index (Phi) is 2.83. The Morgan fingerprint density at radius 3 is 2.65 bits per heavy atom. The maximum atomic E-state index is 8.85. The zero-order valence-corrected chi connectivity index (χ0v) is 10.9. The van der Waals surface area contributed by atoms with Crippen molar-refractivity contribution in [2.24, 2.45) is 10.9 Å². The summed E-state index contributed by atoms with van der Waals surface area (Å²) in [5.74, 6) is 0.680. The summed E-state index contributed by atoms with van der Waals surface area (Å²) in [6.45, 7) is 1.92. The fraction of sp³-hybridized carbons (Fsp3) is 0.0714. The predicted molar refractivity (Wildman–Crippen MR) is 76.1 cm³/mol. The molecule has 2 heterocycles. The lowest BCUT2D eigenvalue weighted by molar-refractivity contribution is 0.318. The van der Waals surface area contributed by atoms with Gasteiger partial charge in [0.2, 0.25) is 0 Å². The summed E-state index contributed by atoms with van der Waals surface area (Å²) in [4.78, 5) is 0. The van der Waals surface area contributed by atoms with Crippen molar-refractivity contribution < 1.29 is 5.21 Å². The third-order valence-corrected chi connectivity index (χ3v) is 3.20. The van der Waals surface area contributed by atoms with Crippen molar-refractivity contribution in [3.63, 3.8) is 0 Å². The first-order chi connectivity index (χ1) is 9.72. The van der Waals surface area contributed by atoms with Gasteiger partial charge in [0.1, 0.15) is 0 Å². The molecule has 0 saturated heterocycles. The van der Waals surface area contributed by atoms with Crippen molar-refractivity contribution in [2.75, 3.05) is 0 Å². The van der Waals surface area contributed by atoms with Gasteiger partial charge in [-0.25, -0.2) is 0 Å². The fourth-order valence-electron chi connectivity index (χ4n) is 2.23. The van der Waals surface area contributed by atoms with E-state index in [1.165, 1.54) is 0 Å². The van der Waals surface area contributed by atoms with Crippen LogP contribution in [0, 0.1) is 6.92 Å². The van der Waals surface area contributed by atoms with Crippen LogP contribution in [-0.2, 0) is 0 Å². The third-order valence-electron chi connectivity index (χ3n) is 3.20. The second-order valence-electron chi connectivity index (χ2n) is 4.40. The van der Waals surface area contributed by atoms with Crippen LogP contribution in [0.4, 0.5) is 0 Å². The van der Waals surface area contributed by atoms with Gasteiger partial charge in [-0.3, -0.25) is 4.57 Å². The average Bonchev–Trinajstić information content (AvgIpc) is 2.96. The number of amidine groups is 1. The Bertz CT molecular complexity index is 806. The highest BCUT2D eigenvalue weighted by Crippen LogP contribution is 2.22. The number of nitrogens with two attached hydrogens (primary N) is 1. The molecule has 0 aliphatic heterocycles. The molecule has 0 atom stereocenters. The molecule has 0 radical (unpaired) electrons. The predicted octanol–water partition coefficient (Wildman–Crippen LogP) is 1.82. The number of benzene rings is 1. The van der Waals surface area contributed by atoms with Crippen molar-refractivity contribution in [1.29, 1.82) is 0 Å². The Balaban J connectivity index is 2.32. The van der Waals surface area contributed by atoms with E-state index in [0.29, 0.717) is 11.5 Å². The van der Waals surface area contributed by atoms with Gasteiger partial charge < -0.3 is 10.9 Å². The van der Waals surface area contributed by atoms with Gasteiger partial charge >= 0.3 is 0 Å². The second kappa shape index (κ2) is 4.65. The second-order valence-corrected chi connectivity index (χ2v) is 4.40. The number of hydrogen-bond acceptors (Lipinski definition) is 4. The van der Waals surface area contributed by atoms with Crippen molar-refractivity contribution >= 4 is 16.6 Å². The maximum absolute atomic E-state index is 8.85. The average molecular weight is 267 g/mol. The molecule has 0 amide bonds. The van der Waals surface area contributed by atoms with E-state index >= 15 is 0 Å². The van der Waals surface area contributed by atoms with Crippen molar-refractivity contribution in [3.05, 3.63) is 54.0 Å². The number of aryl methyl sites for hydroxylation is 1. The largest absolute Gasteiger partial charge is 0.409 e. The van der Waals surface area contributed by atoms with Gasteiger partial charge in [0.05, 0.1) is 11.4 Å². The molecule has 0 fully saturated rings. The number of nitrogens with zero attached hydrogens (tertiary/aromatic N) is 4. The summed E-state index contributed by atoms with van der Waals surface area (Å²) in [7, 11) is 0. The van der Waals surface area contributed by atoms with Crippen LogP contribution >= 0.6 is 0 Å². The van der Waals surface area contributed by atoms with Gasteiger partial charge in [0, 0.05) is 17.0 Å². The summed E-state index contributed by atoms with van der Waals surface area (Å²) in [6, 6.07) is 11.4. The number of oxime groups is 1. The van der Waals surface area contributed by atoms with Crippen molar-refractivity contribution in [3.8, 4) is 5.82 Å². The molecule has 0 bridgehead atoms.